The van der Waals surface area contributed by atoms with E-state index < -0.39 is 0 Å². The number of imidazole rings is 1. The molecule has 0 radical (unpaired) electrons. The van der Waals surface area contributed by atoms with Gasteiger partial charge in [-0.1, -0.05) is 32.4 Å². The Morgan fingerprint density at radius 3 is 2.83 bits per heavy atom. The first-order chi connectivity index (χ1) is 8.50. The topological polar surface area (TPSA) is 20.7 Å². The van der Waals surface area contributed by atoms with Gasteiger partial charge in [0.25, 0.3) is 0 Å². The number of aromatic amines is 1. The summed E-state index contributed by atoms with van der Waals surface area (Å²) in [4.78, 5) is 3.39. The molecule has 1 N–H and O–H groups in total. The van der Waals surface area contributed by atoms with Crippen LogP contribution in [0.15, 0.2) is 18.2 Å². The van der Waals surface area contributed by atoms with Crippen LogP contribution in [0.2, 0.25) is 0 Å². The summed E-state index contributed by atoms with van der Waals surface area (Å²) in [5, 5.41) is 0. The molecule has 96 valence electrons. The summed E-state index contributed by atoms with van der Waals surface area (Å²) in [7, 11) is 0. The number of rotatable bonds is 1. The van der Waals surface area contributed by atoms with Gasteiger partial charge < -0.3 is 9.55 Å². The van der Waals surface area contributed by atoms with E-state index in [1.165, 1.54) is 35.9 Å². The summed E-state index contributed by atoms with van der Waals surface area (Å²) < 4.78 is 3.23. The quantitative estimate of drug-likeness (QED) is 0.733. The summed E-state index contributed by atoms with van der Waals surface area (Å²) in [5.41, 5.74) is 4.08. The largest absolute Gasteiger partial charge is 0.330 e. The van der Waals surface area contributed by atoms with E-state index in [1.54, 1.807) is 0 Å². The normalized spacial score (nSPS) is 22.7. The van der Waals surface area contributed by atoms with Gasteiger partial charge in [-0.3, -0.25) is 0 Å². The number of benzene rings is 1. The summed E-state index contributed by atoms with van der Waals surface area (Å²) in [5.74, 6) is 0. The zero-order chi connectivity index (χ0) is 12.9. The summed E-state index contributed by atoms with van der Waals surface area (Å²) in [6, 6.07) is 6.97. The van der Waals surface area contributed by atoms with Gasteiger partial charge >= 0.3 is 0 Å². The second-order valence-corrected chi connectivity index (χ2v) is 6.55. The summed E-state index contributed by atoms with van der Waals surface area (Å²) in [6.07, 6.45) is 3.83. The van der Waals surface area contributed by atoms with Crippen LogP contribution in [0.4, 0.5) is 0 Å². The number of fused-ring (bicyclic) bond motifs is 1. The van der Waals surface area contributed by atoms with Crippen molar-refractivity contribution in [2.75, 3.05) is 0 Å². The number of hydrogen-bond donors (Lipinski definition) is 1. The maximum atomic E-state index is 5.56. The van der Waals surface area contributed by atoms with Crippen LogP contribution in [-0.2, 0) is 0 Å². The number of aromatic nitrogens is 2. The molecule has 0 aliphatic heterocycles. The molecule has 0 bridgehead atoms. The number of hydrogen-bond acceptors (Lipinski definition) is 1. The van der Waals surface area contributed by atoms with Crippen LogP contribution in [-0.4, -0.2) is 9.55 Å². The lowest BCUT2D eigenvalue weighted by Gasteiger charge is -2.28. The fourth-order valence-corrected chi connectivity index (χ4v) is 3.72. The van der Waals surface area contributed by atoms with E-state index in [1.807, 2.05) is 0 Å². The van der Waals surface area contributed by atoms with E-state index in [0.717, 1.165) is 4.77 Å². The Morgan fingerprint density at radius 2 is 2.17 bits per heavy atom. The van der Waals surface area contributed by atoms with E-state index in [9.17, 15) is 0 Å². The molecule has 1 aliphatic carbocycles. The Kier molecular flexibility index (Phi) is 2.63. The molecular formula is C15H20N2S. The molecular weight excluding hydrogens is 240 g/mol. The minimum atomic E-state index is 0.344. The SMILES string of the molecule is Cc1cccc2c1[nH]c(=S)n2C1CCCC1(C)C. The first kappa shape index (κ1) is 12.0. The molecule has 2 aromatic rings. The third kappa shape index (κ3) is 1.64. The summed E-state index contributed by atoms with van der Waals surface area (Å²) >= 11 is 5.56. The van der Waals surface area contributed by atoms with E-state index in [0.29, 0.717) is 11.5 Å². The monoisotopic (exact) mass is 260 g/mol. The molecule has 1 saturated carbocycles. The Morgan fingerprint density at radius 1 is 1.39 bits per heavy atom. The lowest BCUT2D eigenvalue weighted by molar-refractivity contribution is 0.264. The Balaban J connectivity index is 2.27. The highest BCUT2D eigenvalue weighted by Crippen LogP contribution is 2.47. The summed E-state index contributed by atoms with van der Waals surface area (Å²) in [6.45, 7) is 6.86. The maximum absolute atomic E-state index is 5.56. The molecule has 1 atom stereocenters. The van der Waals surface area contributed by atoms with Crippen molar-refractivity contribution in [3.05, 3.63) is 28.5 Å². The minimum absolute atomic E-state index is 0.344. The predicted octanol–water partition coefficient (Wildman–Crippen LogP) is 4.76. The van der Waals surface area contributed by atoms with Crippen molar-refractivity contribution >= 4 is 23.3 Å². The molecule has 0 spiro atoms. The molecule has 1 heterocycles. The van der Waals surface area contributed by atoms with Gasteiger partial charge in [-0.2, -0.15) is 0 Å². The first-order valence-corrected chi connectivity index (χ1v) is 7.11. The zero-order valence-electron chi connectivity index (χ0n) is 11.3. The van der Waals surface area contributed by atoms with Gasteiger partial charge in [0.1, 0.15) is 0 Å². The van der Waals surface area contributed by atoms with Crippen LogP contribution >= 0.6 is 12.2 Å². The Hall–Kier alpha value is -1.09. The lowest BCUT2D eigenvalue weighted by atomic mass is 9.87. The lowest BCUT2D eigenvalue weighted by Crippen LogP contribution is -2.21. The van der Waals surface area contributed by atoms with Crippen molar-refractivity contribution in [1.82, 2.24) is 9.55 Å². The van der Waals surface area contributed by atoms with Crippen molar-refractivity contribution in [3.8, 4) is 0 Å². The number of para-hydroxylation sites is 1. The second-order valence-electron chi connectivity index (χ2n) is 6.17. The van der Waals surface area contributed by atoms with E-state index in [2.05, 4.69) is 48.5 Å². The van der Waals surface area contributed by atoms with Crippen molar-refractivity contribution < 1.29 is 0 Å². The molecule has 0 amide bonds. The molecule has 1 fully saturated rings. The highest BCUT2D eigenvalue weighted by Gasteiger charge is 2.36. The van der Waals surface area contributed by atoms with Gasteiger partial charge in [-0.05, 0) is 49.0 Å². The Labute approximate surface area is 113 Å². The molecule has 1 unspecified atom stereocenters. The van der Waals surface area contributed by atoms with E-state index in [4.69, 9.17) is 12.2 Å². The molecule has 3 rings (SSSR count). The molecule has 1 aliphatic rings. The van der Waals surface area contributed by atoms with Crippen LogP contribution in [0.1, 0.15) is 44.7 Å². The fourth-order valence-electron chi connectivity index (χ4n) is 3.39. The van der Waals surface area contributed by atoms with Gasteiger partial charge in [0.2, 0.25) is 0 Å². The Bertz CT molecular complexity index is 648. The van der Waals surface area contributed by atoms with Crippen molar-refractivity contribution in [2.45, 2.75) is 46.1 Å². The van der Waals surface area contributed by atoms with Gasteiger partial charge in [0, 0.05) is 6.04 Å². The first-order valence-electron chi connectivity index (χ1n) is 6.70. The standard InChI is InChI=1S/C15H20N2S/c1-10-6-4-7-11-13(10)16-14(18)17(11)12-8-5-9-15(12,2)3/h4,6-7,12H,5,8-9H2,1-3H3,(H,16,18). The van der Waals surface area contributed by atoms with E-state index in [-0.39, 0.29) is 0 Å². The fraction of sp³-hybridized carbons (Fsp3) is 0.533. The predicted molar refractivity (Wildman–Crippen MR) is 78.5 cm³/mol. The van der Waals surface area contributed by atoms with E-state index >= 15 is 0 Å². The van der Waals surface area contributed by atoms with Crippen molar-refractivity contribution in [2.24, 2.45) is 5.41 Å². The number of aryl methyl sites for hydroxylation is 1. The van der Waals surface area contributed by atoms with Crippen LogP contribution in [0.3, 0.4) is 0 Å². The highest BCUT2D eigenvalue weighted by molar-refractivity contribution is 7.71. The van der Waals surface area contributed by atoms with Gasteiger partial charge in [-0.15, -0.1) is 0 Å². The highest BCUT2D eigenvalue weighted by atomic mass is 32.1. The third-order valence-corrected chi connectivity index (χ3v) is 4.77. The van der Waals surface area contributed by atoms with Gasteiger partial charge in [0.05, 0.1) is 11.0 Å². The van der Waals surface area contributed by atoms with Crippen LogP contribution in [0.25, 0.3) is 11.0 Å². The third-order valence-electron chi connectivity index (χ3n) is 4.47. The number of nitrogens with zero attached hydrogens (tertiary/aromatic N) is 1. The van der Waals surface area contributed by atoms with Crippen molar-refractivity contribution in [3.63, 3.8) is 0 Å². The van der Waals surface area contributed by atoms with Crippen LogP contribution in [0, 0.1) is 17.1 Å². The minimum Gasteiger partial charge on any atom is -0.330 e. The average Bonchev–Trinajstić information content (AvgIpc) is 2.79. The van der Waals surface area contributed by atoms with Crippen LogP contribution in [0.5, 0.6) is 0 Å². The maximum Gasteiger partial charge on any atom is 0.178 e. The van der Waals surface area contributed by atoms with Crippen LogP contribution < -0.4 is 0 Å². The van der Waals surface area contributed by atoms with Gasteiger partial charge in [-0.25, -0.2) is 0 Å². The molecule has 3 heteroatoms. The zero-order valence-corrected chi connectivity index (χ0v) is 12.1. The average molecular weight is 260 g/mol. The molecule has 18 heavy (non-hydrogen) atoms. The molecule has 0 saturated heterocycles. The molecule has 1 aromatic carbocycles. The number of H-pyrrole nitrogens is 1. The molecule has 2 nitrogen and oxygen atoms in total. The number of nitrogens with one attached hydrogen (secondary N) is 1. The van der Waals surface area contributed by atoms with Crippen molar-refractivity contribution in [1.29, 1.82) is 0 Å². The van der Waals surface area contributed by atoms with Gasteiger partial charge in [0.15, 0.2) is 4.77 Å². The smallest absolute Gasteiger partial charge is 0.178 e. The second kappa shape index (κ2) is 3.95. The molecule has 1 aromatic heterocycles.